The maximum atomic E-state index is 8.26. The lowest BCUT2D eigenvalue weighted by molar-refractivity contribution is 1.25. The van der Waals surface area contributed by atoms with Gasteiger partial charge in [0, 0.05) is 2.74 Å². The van der Waals surface area contributed by atoms with Crippen LogP contribution in [0.25, 0.3) is 11.1 Å². The van der Waals surface area contributed by atoms with Crippen LogP contribution in [-0.4, -0.2) is 0 Å². The quantitative estimate of drug-likeness (QED) is 0.600. The molecule has 2 aromatic rings. The zero-order chi connectivity index (χ0) is 12.2. The van der Waals surface area contributed by atoms with Crippen LogP contribution in [-0.2, 0) is 6.37 Å². The van der Waals surface area contributed by atoms with Gasteiger partial charge in [0.2, 0.25) is 0 Å². The van der Waals surface area contributed by atoms with Gasteiger partial charge in [-0.15, -0.1) is 0 Å². The van der Waals surface area contributed by atoms with Crippen molar-refractivity contribution in [1.29, 1.82) is 0 Å². The van der Waals surface area contributed by atoms with E-state index in [2.05, 4.69) is 12.1 Å². The Morgan fingerprint density at radius 3 is 1.80 bits per heavy atom. The summed E-state index contributed by atoms with van der Waals surface area (Å²) in [5, 5.41) is 0. The maximum Gasteiger partial charge on any atom is 0.0366 e. The fraction of sp³-hybridized carbons (Fsp3) is 0.200. The van der Waals surface area contributed by atoms with Crippen LogP contribution in [0.1, 0.15) is 25.0 Å². The van der Waals surface area contributed by atoms with Gasteiger partial charge in [-0.2, -0.15) is 0 Å². The summed E-state index contributed by atoms with van der Waals surface area (Å²) in [6.07, 6.45) is -1.36. The third-order valence-corrected chi connectivity index (χ3v) is 2.91. The second-order valence-corrected chi connectivity index (χ2v) is 4.22. The number of hydrogen-bond donors (Lipinski definition) is 0. The first-order valence-corrected chi connectivity index (χ1v) is 5.23. The van der Waals surface area contributed by atoms with Crippen LogP contribution in [0.2, 0.25) is 0 Å². The predicted octanol–water partition coefficient (Wildman–Crippen LogP) is 3.87. The van der Waals surface area contributed by atoms with Crippen molar-refractivity contribution in [3.63, 3.8) is 0 Å². The third-order valence-electron chi connectivity index (χ3n) is 2.91. The Morgan fingerprint density at radius 2 is 1.33 bits per heavy atom. The molecule has 0 spiro atoms. The minimum absolute atomic E-state index is 0.795. The standard InChI is InChI=1S/C15H14/c1-10-3-5-12-9-13-6-4-11(2)8-15(13)14(12)7-10/h3-8H,9H2,1-2H3/i9D2. The van der Waals surface area contributed by atoms with E-state index in [1.54, 1.807) is 0 Å². The zero-order valence-electron chi connectivity index (χ0n) is 11.0. The summed E-state index contributed by atoms with van der Waals surface area (Å²) in [5.41, 5.74) is 6.04. The van der Waals surface area contributed by atoms with Crippen molar-refractivity contribution < 1.29 is 2.74 Å². The maximum absolute atomic E-state index is 8.26. The summed E-state index contributed by atoms with van der Waals surface area (Å²) in [4.78, 5) is 0. The summed E-state index contributed by atoms with van der Waals surface area (Å²) in [6, 6.07) is 12.0. The molecule has 0 saturated carbocycles. The van der Waals surface area contributed by atoms with Gasteiger partial charge in [-0.3, -0.25) is 0 Å². The van der Waals surface area contributed by atoms with Crippen molar-refractivity contribution in [3.8, 4) is 11.1 Å². The smallest absolute Gasteiger partial charge is 0.0366 e. The van der Waals surface area contributed by atoms with Crippen LogP contribution < -0.4 is 0 Å². The largest absolute Gasteiger partial charge is 0.0590 e. The van der Waals surface area contributed by atoms with Gasteiger partial charge in [0.05, 0.1) is 0 Å². The Hall–Kier alpha value is -1.56. The summed E-state index contributed by atoms with van der Waals surface area (Å²) >= 11 is 0. The molecule has 0 heterocycles. The first-order valence-electron chi connectivity index (χ1n) is 6.23. The fourth-order valence-corrected chi connectivity index (χ4v) is 2.12. The highest BCUT2D eigenvalue weighted by molar-refractivity contribution is 5.77. The summed E-state index contributed by atoms with van der Waals surface area (Å²) < 4.78 is 16.5. The molecule has 2 aromatic carbocycles. The highest BCUT2D eigenvalue weighted by atomic mass is 14.2. The summed E-state index contributed by atoms with van der Waals surface area (Å²) in [7, 11) is 0. The number of fused-ring (bicyclic) bond motifs is 3. The molecule has 0 atom stereocenters. The summed E-state index contributed by atoms with van der Waals surface area (Å²) in [5.74, 6) is 0. The van der Waals surface area contributed by atoms with E-state index in [4.69, 9.17) is 2.74 Å². The molecular formula is C15H14. The van der Waals surface area contributed by atoms with Crippen LogP contribution >= 0.6 is 0 Å². The molecule has 3 rings (SSSR count). The predicted molar refractivity (Wildman–Crippen MR) is 64.2 cm³/mol. The molecule has 0 aromatic heterocycles. The van der Waals surface area contributed by atoms with Gasteiger partial charge in [0.1, 0.15) is 0 Å². The zero-order valence-corrected chi connectivity index (χ0v) is 8.96. The molecule has 0 fully saturated rings. The Kier molecular flexibility index (Phi) is 1.35. The van der Waals surface area contributed by atoms with E-state index in [1.165, 1.54) is 11.1 Å². The molecular weight excluding hydrogens is 180 g/mol. The normalized spacial score (nSPS) is 17.7. The summed E-state index contributed by atoms with van der Waals surface area (Å²) in [6.45, 7) is 4.09. The lowest BCUT2D eigenvalue weighted by atomic mass is 10.0. The van der Waals surface area contributed by atoms with Gasteiger partial charge in [0.15, 0.2) is 0 Å². The monoisotopic (exact) mass is 196 g/mol. The molecule has 0 amide bonds. The molecule has 0 aliphatic heterocycles. The first-order chi connectivity index (χ1) is 8.00. The Balaban J connectivity index is 2.39. The van der Waals surface area contributed by atoms with Crippen LogP contribution in [0.15, 0.2) is 36.4 Å². The van der Waals surface area contributed by atoms with Gasteiger partial charge >= 0.3 is 0 Å². The molecule has 1 aliphatic carbocycles. The Bertz CT molecular complexity index is 559. The van der Waals surface area contributed by atoms with E-state index in [-0.39, 0.29) is 0 Å². The van der Waals surface area contributed by atoms with Crippen LogP contribution in [0.3, 0.4) is 0 Å². The van der Waals surface area contributed by atoms with Crippen molar-refractivity contribution in [2.45, 2.75) is 20.2 Å². The van der Waals surface area contributed by atoms with Crippen LogP contribution in [0, 0.1) is 13.8 Å². The highest BCUT2D eigenvalue weighted by Gasteiger charge is 2.17. The average molecular weight is 196 g/mol. The van der Waals surface area contributed by atoms with Crippen molar-refractivity contribution in [2.24, 2.45) is 0 Å². The van der Waals surface area contributed by atoms with Gasteiger partial charge < -0.3 is 0 Å². The third kappa shape index (κ3) is 1.29. The van der Waals surface area contributed by atoms with Crippen molar-refractivity contribution in [3.05, 3.63) is 58.7 Å². The van der Waals surface area contributed by atoms with E-state index >= 15 is 0 Å². The lowest BCUT2D eigenvalue weighted by Crippen LogP contribution is -1.80. The van der Waals surface area contributed by atoms with E-state index in [0.717, 1.165) is 22.3 Å². The van der Waals surface area contributed by atoms with Crippen molar-refractivity contribution >= 4 is 0 Å². The molecule has 1 aliphatic rings. The number of benzene rings is 2. The van der Waals surface area contributed by atoms with Gasteiger partial charge in [-0.1, -0.05) is 47.5 Å². The van der Waals surface area contributed by atoms with Crippen LogP contribution in [0.4, 0.5) is 0 Å². The average Bonchev–Trinajstić information content (AvgIpc) is 2.47. The second-order valence-electron chi connectivity index (χ2n) is 4.22. The topological polar surface area (TPSA) is 0 Å². The molecule has 0 bridgehead atoms. The molecule has 0 nitrogen and oxygen atoms in total. The van der Waals surface area contributed by atoms with Gasteiger partial charge in [-0.05, 0) is 42.5 Å². The van der Waals surface area contributed by atoms with Gasteiger partial charge in [0.25, 0.3) is 0 Å². The molecule has 0 heteroatoms. The first kappa shape index (κ1) is 6.84. The molecule has 74 valence electrons. The Labute approximate surface area is 93.4 Å². The molecule has 0 radical (unpaired) electrons. The molecule has 0 N–H and O–H groups in total. The fourth-order valence-electron chi connectivity index (χ4n) is 2.12. The SMILES string of the molecule is [2H]C1([2H])c2ccc(C)cc2-c2cc(C)ccc21. The minimum atomic E-state index is -1.36. The van der Waals surface area contributed by atoms with Crippen LogP contribution in [0.5, 0.6) is 0 Å². The number of hydrogen-bond acceptors (Lipinski definition) is 0. The van der Waals surface area contributed by atoms with E-state index < -0.39 is 6.37 Å². The molecule has 0 saturated heterocycles. The van der Waals surface area contributed by atoms with Crippen molar-refractivity contribution in [2.75, 3.05) is 0 Å². The number of rotatable bonds is 0. The highest BCUT2D eigenvalue weighted by Crippen LogP contribution is 2.37. The van der Waals surface area contributed by atoms with Gasteiger partial charge in [-0.25, -0.2) is 0 Å². The Morgan fingerprint density at radius 1 is 0.867 bits per heavy atom. The van der Waals surface area contributed by atoms with E-state index in [9.17, 15) is 0 Å². The molecule has 15 heavy (non-hydrogen) atoms. The second kappa shape index (κ2) is 2.96. The lowest BCUT2D eigenvalue weighted by Gasteiger charge is -2.03. The van der Waals surface area contributed by atoms with E-state index in [1.807, 2.05) is 38.1 Å². The van der Waals surface area contributed by atoms with E-state index in [0.29, 0.717) is 0 Å². The van der Waals surface area contributed by atoms with Crippen molar-refractivity contribution in [1.82, 2.24) is 0 Å². The number of aryl methyl sites for hydroxylation is 2. The minimum Gasteiger partial charge on any atom is -0.0590 e. The molecule has 0 unspecified atom stereocenters.